The second-order valence-electron chi connectivity index (χ2n) is 6.19. The molecule has 134 valence electrons. The van der Waals surface area contributed by atoms with Crippen LogP contribution in [0.1, 0.15) is 31.2 Å². The van der Waals surface area contributed by atoms with Crippen molar-refractivity contribution in [3.05, 3.63) is 70.3 Å². The third-order valence-electron chi connectivity index (χ3n) is 4.27. The fourth-order valence-electron chi connectivity index (χ4n) is 2.96. The predicted octanol–water partition coefficient (Wildman–Crippen LogP) is 4.57. The second kappa shape index (κ2) is 8.29. The van der Waals surface area contributed by atoms with Gasteiger partial charge in [0.15, 0.2) is 0 Å². The van der Waals surface area contributed by atoms with Crippen LogP contribution >= 0.6 is 0 Å². The average Bonchev–Trinajstić information content (AvgIpc) is 3.15. The van der Waals surface area contributed by atoms with Crippen LogP contribution in [0.2, 0.25) is 0 Å². The molecule has 1 saturated carbocycles. The Morgan fingerprint density at radius 3 is 2.50 bits per heavy atom. The molecule has 1 aliphatic rings. The highest BCUT2D eigenvalue weighted by atomic mass is 16.6. The van der Waals surface area contributed by atoms with E-state index in [1.807, 2.05) is 12.1 Å². The molecule has 0 bridgehead atoms. The number of ether oxygens (including phenoxy) is 1. The van der Waals surface area contributed by atoms with Gasteiger partial charge in [0.2, 0.25) is 5.91 Å². The molecule has 26 heavy (non-hydrogen) atoms. The maximum absolute atomic E-state index is 12.0. The number of benzene rings is 2. The zero-order valence-electron chi connectivity index (χ0n) is 14.3. The summed E-state index contributed by atoms with van der Waals surface area (Å²) in [5.74, 6) is 0.443. The Balaban J connectivity index is 1.58. The Labute approximate surface area is 151 Å². The van der Waals surface area contributed by atoms with Gasteiger partial charge in [-0.05, 0) is 62.1 Å². The van der Waals surface area contributed by atoms with Gasteiger partial charge < -0.3 is 10.1 Å². The minimum absolute atomic E-state index is 0.0371. The van der Waals surface area contributed by atoms with Crippen LogP contribution in [0.3, 0.4) is 0 Å². The molecule has 3 rings (SSSR count). The number of para-hydroxylation sites is 1. The highest BCUT2D eigenvalue weighted by molar-refractivity contribution is 6.02. The van der Waals surface area contributed by atoms with E-state index >= 15 is 0 Å². The Hall–Kier alpha value is -3.15. The van der Waals surface area contributed by atoms with Gasteiger partial charge in [-0.1, -0.05) is 12.1 Å². The summed E-state index contributed by atoms with van der Waals surface area (Å²) in [5, 5.41) is 13.7. The Kier molecular flexibility index (Phi) is 5.63. The molecule has 2 aromatic rings. The minimum Gasteiger partial charge on any atom is -0.490 e. The van der Waals surface area contributed by atoms with E-state index in [4.69, 9.17) is 4.74 Å². The van der Waals surface area contributed by atoms with E-state index in [9.17, 15) is 14.9 Å². The molecular weight excluding hydrogens is 332 g/mol. The molecular formula is C20H20N2O4. The van der Waals surface area contributed by atoms with E-state index in [1.54, 1.807) is 30.3 Å². The van der Waals surface area contributed by atoms with Crippen LogP contribution in [-0.4, -0.2) is 16.9 Å². The molecule has 1 N–H and O–H groups in total. The van der Waals surface area contributed by atoms with Crippen LogP contribution in [0, 0.1) is 10.1 Å². The maximum atomic E-state index is 12.0. The SMILES string of the molecule is O=C(/C=C/c1ccccc1[N+](=O)[O-])Nc1ccc(OC2CCCC2)cc1. The van der Waals surface area contributed by atoms with E-state index in [2.05, 4.69) is 5.32 Å². The molecule has 0 spiro atoms. The molecule has 1 aliphatic carbocycles. The number of carbonyl (C=O) groups excluding carboxylic acids is 1. The molecule has 1 amide bonds. The molecule has 0 aliphatic heterocycles. The number of hydrogen-bond acceptors (Lipinski definition) is 4. The molecule has 1 fully saturated rings. The van der Waals surface area contributed by atoms with Crippen LogP contribution in [-0.2, 0) is 4.79 Å². The van der Waals surface area contributed by atoms with Gasteiger partial charge in [-0.25, -0.2) is 0 Å². The zero-order chi connectivity index (χ0) is 18.4. The van der Waals surface area contributed by atoms with Crippen molar-refractivity contribution in [1.82, 2.24) is 0 Å². The smallest absolute Gasteiger partial charge is 0.276 e. The predicted molar refractivity (Wildman–Crippen MR) is 100 cm³/mol. The first kappa shape index (κ1) is 17.7. The zero-order valence-corrected chi connectivity index (χ0v) is 14.3. The van der Waals surface area contributed by atoms with Crippen LogP contribution in [0.5, 0.6) is 5.75 Å². The van der Waals surface area contributed by atoms with E-state index in [1.165, 1.54) is 31.1 Å². The fraction of sp³-hybridized carbons (Fsp3) is 0.250. The Morgan fingerprint density at radius 1 is 1.12 bits per heavy atom. The van der Waals surface area contributed by atoms with Crippen molar-refractivity contribution in [1.29, 1.82) is 0 Å². The van der Waals surface area contributed by atoms with Crippen molar-refractivity contribution >= 4 is 23.4 Å². The summed E-state index contributed by atoms with van der Waals surface area (Å²) in [7, 11) is 0. The van der Waals surface area contributed by atoms with Crippen molar-refractivity contribution in [3.8, 4) is 5.75 Å². The summed E-state index contributed by atoms with van der Waals surface area (Å²) in [5.41, 5.74) is 0.985. The molecule has 0 atom stereocenters. The summed E-state index contributed by atoms with van der Waals surface area (Å²) in [4.78, 5) is 22.5. The number of rotatable bonds is 6. The molecule has 6 nitrogen and oxygen atoms in total. The summed E-state index contributed by atoms with van der Waals surface area (Å²) < 4.78 is 5.89. The van der Waals surface area contributed by atoms with Gasteiger partial charge in [0, 0.05) is 17.8 Å². The van der Waals surface area contributed by atoms with Gasteiger partial charge in [0.1, 0.15) is 5.75 Å². The Morgan fingerprint density at radius 2 is 1.81 bits per heavy atom. The third-order valence-corrected chi connectivity index (χ3v) is 4.27. The number of nitro benzene ring substituents is 1. The quantitative estimate of drug-likeness (QED) is 0.469. The largest absolute Gasteiger partial charge is 0.490 e. The molecule has 0 saturated heterocycles. The van der Waals surface area contributed by atoms with E-state index in [0.717, 1.165) is 18.6 Å². The molecule has 0 radical (unpaired) electrons. The molecule has 0 aromatic heterocycles. The fourth-order valence-corrected chi connectivity index (χ4v) is 2.96. The first-order valence-corrected chi connectivity index (χ1v) is 8.61. The van der Waals surface area contributed by atoms with Crippen molar-refractivity contribution in [2.75, 3.05) is 5.32 Å². The third kappa shape index (κ3) is 4.69. The minimum atomic E-state index is -0.472. The van der Waals surface area contributed by atoms with Gasteiger partial charge in [-0.3, -0.25) is 14.9 Å². The van der Waals surface area contributed by atoms with Crippen LogP contribution in [0.15, 0.2) is 54.6 Å². The number of hydrogen-bond donors (Lipinski definition) is 1. The Bertz CT molecular complexity index is 809. The van der Waals surface area contributed by atoms with Crippen LogP contribution < -0.4 is 10.1 Å². The number of nitrogens with one attached hydrogen (secondary N) is 1. The summed E-state index contributed by atoms with van der Waals surface area (Å²) >= 11 is 0. The number of anilines is 1. The van der Waals surface area contributed by atoms with E-state index in [0.29, 0.717) is 17.4 Å². The summed E-state index contributed by atoms with van der Waals surface area (Å²) in [6.07, 6.45) is 7.62. The highest BCUT2D eigenvalue weighted by Crippen LogP contribution is 2.25. The summed E-state index contributed by atoms with van der Waals surface area (Å²) in [6.45, 7) is 0. The van der Waals surface area contributed by atoms with Gasteiger partial charge in [-0.15, -0.1) is 0 Å². The topological polar surface area (TPSA) is 81.5 Å². The second-order valence-corrected chi connectivity index (χ2v) is 6.19. The van der Waals surface area contributed by atoms with Gasteiger partial charge in [-0.2, -0.15) is 0 Å². The lowest BCUT2D eigenvalue weighted by Gasteiger charge is -2.13. The lowest BCUT2D eigenvalue weighted by molar-refractivity contribution is -0.385. The maximum Gasteiger partial charge on any atom is 0.276 e. The molecule has 2 aromatic carbocycles. The van der Waals surface area contributed by atoms with Crippen molar-refractivity contribution in [3.63, 3.8) is 0 Å². The molecule has 6 heteroatoms. The summed E-state index contributed by atoms with van der Waals surface area (Å²) in [6, 6.07) is 13.5. The van der Waals surface area contributed by atoms with Gasteiger partial charge in [0.25, 0.3) is 5.69 Å². The standard InChI is InChI=1S/C20H20N2O4/c23-20(14-9-15-5-1-4-8-19(15)22(24)25)21-16-10-12-18(13-11-16)26-17-6-2-3-7-17/h1,4-5,8-14,17H,2-3,6-7H2,(H,21,23)/b14-9+. The average molecular weight is 352 g/mol. The lowest BCUT2D eigenvalue weighted by atomic mass is 10.1. The monoisotopic (exact) mass is 352 g/mol. The lowest BCUT2D eigenvalue weighted by Crippen LogP contribution is -2.11. The van der Waals surface area contributed by atoms with Crippen molar-refractivity contribution in [2.45, 2.75) is 31.8 Å². The van der Waals surface area contributed by atoms with Crippen molar-refractivity contribution in [2.24, 2.45) is 0 Å². The van der Waals surface area contributed by atoms with Crippen LogP contribution in [0.4, 0.5) is 11.4 Å². The first-order chi connectivity index (χ1) is 12.6. The molecule has 0 unspecified atom stereocenters. The number of amides is 1. The van der Waals surface area contributed by atoms with Crippen LogP contribution in [0.25, 0.3) is 6.08 Å². The molecule has 0 heterocycles. The van der Waals surface area contributed by atoms with Gasteiger partial charge in [0.05, 0.1) is 16.6 Å². The van der Waals surface area contributed by atoms with E-state index in [-0.39, 0.29) is 11.6 Å². The number of nitrogens with zero attached hydrogens (tertiary/aromatic N) is 1. The number of nitro groups is 1. The van der Waals surface area contributed by atoms with Crippen molar-refractivity contribution < 1.29 is 14.5 Å². The van der Waals surface area contributed by atoms with Gasteiger partial charge >= 0.3 is 0 Å². The first-order valence-electron chi connectivity index (χ1n) is 8.61. The highest BCUT2D eigenvalue weighted by Gasteiger charge is 2.16. The number of carbonyl (C=O) groups is 1. The normalized spacial score (nSPS) is 14.5. The van der Waals surface area contributed by atoms with E-state index < -0.39 is 4.92 Å².